The van der Waals surface area contributed by atoms with Gasteiger partial charge in [0.15, 0.2) is 0 Å². The van der Waals surface area contributed by atoms with Gasteiger partial charge >= 0.3 is 0 Å². The lowest BCUT2D eigenvalue weighted by Gasteiger charge is -2.06. The summed E-state index contributed by atoms with van der Waals surface area (Å²) in [6.45, 7) is 2.35. The molecule has 6 heteroatoms. The highest BCUT2D eigenvalue weighted by Crippen LogP contribution is 2.20. The number of aryl methyl sites for hydroxylation is 1. The molecule has 0 fully saturated rings. The molecule has 122 valence electrons. The second-order valence-electron chi connectivity index (χ2n) is 5.54. The smallest absolute Gasteiger partial charge is 0.283 e. The van der Waals surface area contributed by atoms with Crippen molar-refractivity contribution >= 4 is 5.91 Å². The van der Waals surface area contributed by atoms with Gasteiger partial charge in [0.25, 0.3) is 5.91 Å². The molecule has 0 aliphatic heterocycles. The minimum absolute atomic E-state index is 0.306. The Morgan fingerprint density at radius 2 is 1.83 bits per heavy atom. The van der Waals surface area contributed by atoms with Crippen LogP contribution in [0.2, 0.25) is 0 Å². The number of benzene rings is 2. The lowest BCUT2D eigenvalue weighted by atomic mass is 10.1. The van der Waals surface area contributed by atoms with Crippen LogP contribution in [-0.2, 0) is 6.54 Å². The highest BCUT2D eigenvalue weighted by atomic mass is 19.1. The highest BCUT2D eigenvalue weighted by molar-refractivity contribution is 5.93. The van der Waals surface area contributed by atoms with Crippen LogP contribution in [-0.4, -0.2) is 15.7 Å². The van der Waals surface area contributed by atoms with Gasteiger partial charge in [0, 0.05) is 5.56 Å². The zero-order valence-corrected chi connectivity index (χ0v) is 13.2. The third kappa shape index (κ3) is 3.33. The number of carbonyl (C=O) groups is 1. The predicted molar refractivity (Wildman–Crippen MR) is 89.6 cm³/mol. The van der Waals surface area contributed by atoms with Gasteiger partial charge in [0.05, 0.1) is 12.2 Å². The molecule has 0 bridgehead atoms. The van der Waals surface area contributed by atoms with Gasteiger partial charge in [0.1, 0.15) is 11.5 Å². The van der Waals surface area contributed by atoms with Crippen molar-refractivity contribution in [3.63, 3.8) is 0 Å². The molecule has 1 aromatic heterocycles. The largest absolute Gasteiger partial charge is 0.289 e. The van der Waals surface area contributed by atoms with Gasteiger partial charge in [-0.15, -0.1) is 0 Å². The highest BCUT2D eigenvalue weighted by Gasteiger charge is 2.15. The van der Waals surface area contributed by atoms with Crippen molar-refractivity contribution in [2.45, 2.75) is 13.5 Å². The first kappa shape index (κ1) is 15.9. The first-order valence-corrected chi connectivity index (χ1v) is 7.47. The molecule has 24 heavy (non-hydrogen) atoms. The van der Waals surface area contributed by atoms with E-state index in [4.69, 9.17) is 5.84 Å². The number of amides is 1. The van der Waals surface area contributed by atoms with Crippen LogP contribution in [0.25, 0.3) is 11.3 Å². The molecule has 0 unspecified atom stereocenters. The van der Waals surface area contributed by atoms with Gasteiger partial charge in [0.2, 0.25) is 0 Å². The SMILES string of the molecule is Cc1ccc(-c2cc(C(=O)NN)n(Cc3ccc(F)cc3)n2)cc1. The number of rotatable bonds is 4. The molecule has 5 nitrogen and oxygen atoms in total. The van der Waals surface area contributed by atoms with Gasteiger partial charge in [-0.25, -0.2) is 10.2 Å². The van der Waals surface area contributed by atoms with E-state index in [0.717, 1.165) is 16.7 Å². The summed E-state index contributed by atoms with van der Waals surface area (Å²) in [6.07, 6.45) is 0. The average molecular weight is 324 g/mol. The van der Waals surface area contributed by atoms with E-state index in [1.165, 1.54) is 12.1 Å². The fraction of sp³-hybridized carbons (Fsp3) is 0.111. The van der Waals surface area contributed by atoms with Crippen LogP contribution < -0.4 is 11.3 Å². The molecule has 1 amide bonds. The molecule has 0 aliphatic rings. The summed E-state index contributed by atoms with van der Waals surface area (Å²) in [6, 6.07) is 15.6. The van der Waals surface area contributed by atoms with Crippen LogP contribution in [0.4, 0.5) is 4.39 Å². The van der Waals surface area contributed by atoms with Crippen molar-refractivity contribution in [2.24, 2.45) is 5.84 Å². The zero-order chi connectivity index (χ0) is 17.1. The van der Waals surface area contributed by atoms with Crippen LogP contribution in [0.3, 0.4) is 0 Å². The predicted octanol–water partition coefficient (Wildman–Crippen LogP) is 2.65. The Labute approximate surface area is 138 Å². The minimum atomic E-state index is -0.428. The molecular weight excluding hydrogens is 307 g/mol. The lowest BCUT2D eigenvalue weighted by molar-refractivity contribution is 0.0943. The number of aromatic nitrogens is 2. The number of hydrogen-bond acceptors (Lipinski definition) is 3. The van der Waals surface area contributed by atoms with Gasteiger partial charge in [-0.1, -0.05) is 42.0 Å². The van der Waals surface area contributed by atoms with Crippen LogP contribution in [0.1, 0.15) is 21.6 Å². The van der Waals surface area contributed by atoms with E-state index in [1.54, 1.807) is 22.9 Å². The van der Waals surface area contributed by atoms with Crippen LogP contribution in [0.5, 0.6) is 0 Å². The molecule has 0 spiro atoms. The number of hydrogen-bond donors (Lipinski definition) is 2. The van der Waals surface area contributed by atoms with Crippen molar-refractivity contribution in [3.8, 4) is 11.3 Å². The maximum Gasteiger partial charge on any atom is 0.283 e. The van der Waals surface area contributed by atoms with Crippen LogP contribution in [0.15, 0.2) is 54.6 Å². The van der Waals surface area contributed by atoms with Gasteiger partial charge in [-0.3, -0.25) is 14.9 Å². The second kappa shape index (κ2) is 6.64. The average Bonchev–Trinajstić information content (AvgIpc) is 3.00. The zero-order valence-electron chi connectivity index (χ0n) is 13.2. The van der Waals surface area contributed by atoms with Gasteiger partial charge in [-0.05, 0) is 30.7 Å². The first-order valence-electron chi connectivity index (χ1n) is 7.47. The van der Waals surface area contributed by atoms with Crippen molar-refractivity contribution in [1.29, 1.82) is 0 Å². The number of nitrogens with one attached hydrogen (secondary N) is 1. The van der Waals surface area contributed by atoms with Crippen molar-refractivity contribution in [1.82, 2.24) is 15.2 Å². The number of carbonyl (C=O) groups excluding carboxylic acids is 1. The summed E-state index contributed by atoms with van der Waals surface area (Å²) in [4.78, 5) is 12.0. The Morgan fingerprint density at radius 1 is 1.17 bits per heavy atom. The van der Waals surface area contributed by atoms with Gasteiger partial charge < -0.3 is 0 Å². The maximum absolute atomic E-state index is 13.0. The van der Waals surface area contributed by atoms with E-state index in [9.17, 15) is 9.18 Å². The Kier molecular flexibility index (Phi) is 4.39. The van der Waals surface area contributed by atoms with E-state index in [-0.39, 0.29) is 5.82 Å². The summed E-state index contributed by atoms with van der Waals surface area (Å²) >= 11 is 0. The molecule has 0 aliphatic carbocycles. The third-order valence-electron chi connectivity index (χ3n) is 3.74. The normalized spacial score (nSPS) is 10.6. The van der Waals surface area contributed by atoms with Crippen LogP contribution >= 0.6 is 0 Å². The number of nitrogens with two attached hydrogens (primary N) is 1. The van der Waals surface area contributed by atoms with E-state index in [2.05, 4.69) is 10.5 Å². The molecule has 2 aromatic carbocycles. The molecular formula is C18H17FN4O. The fourth-order valence-corrected chi connectivity index (χ4v) is 2.42. The third-order valence-corrected chi connectivity index (χ3v) is 3.74. The monoisotopic (exact) mass is 324 g/mol. The Bertz CT molecular complexity index is 854. The van der Waals surface area contributed by atoms with E-state index < -0.39 is 5.91 Å². The first-order chi connectivity index (χ1) is 11.6. The van der Waals surface area contributed by atoms with Gasteiger partial charge in [-0.2, -0.15) is 5.10 Å². The molecule has 3 rings (SSSR count). The number of nitrogen functional groups attached to an aromatic ring is 1. The molecule has 0 saturated heterocycles. The standard InChI is InChI=1S/C18H17FN4O/c1-12-2-6-14(7-3-12)16-10-17(18(24)21-20)23(22-16)11-13-4-8-15(19)9-5-13/h2-10H,11,20H2,1H3,(H,21,24). The van der Waals surface area contributed by atoms with E-state index in [0.29, 0.717) is 17.9 Å². The summed E-state index contributed by atoms with van der Waals surface area (Å²) in [5, 5.41) is 4.50. The molecule has 0 saturated carbocycles. The van der Waals surface area contributed by atoms with Crippen molar-refractivity contribution in [2.75, 3.05) is 0 Å². The van der Waals surface area contributed by atoms with Crippen LogP contribution in [0, 0.1) is 12.7 Å². The quantitative estimate of drug-likeness (QED) is 0.440. The maximum atomic E-state index is 13.0. The second-order valence-corrected chi connectivity index (χ2v) is 5.54. The van der Waals surface area contributed by atoms with E-state index >= 15 is 0 Å². The fourth-order valence-electron chi connectivity index (χ4n) is 2.42. The summed E-state index contributed by atoms with van der Waals surface area (Å²) in [7, 11) is 0. The summed E-state index contributed by atoms with van der Waals surface area (Å²) in [5.74, 6) is 4.53. The minimum Gasteiger partial charge on any atom is -0.289 e. The Hall–Kier alpha value is -2.99. The molecule has 3 aromatic rings. The molecule has 3 N–H and O–H groups in total. The Balaban J connectivity index is 1.98. The number of hydrazine groups is 1. The Morgan fingerprint density at radius 3 is 2.46 bits per heavy atom. The molecule has 1 heterocycles. The topological polar surface area (TPSA) is 72.9 Å². The molecule has 0 radical (unpaired) electrons. The van der Waals surface area contributed by atoms with E-state index in [1.807, 2.05) is 31.2 Å². The summed E-state index contributed by atoms with van der Waals surface area (Å²) in [5.41, 5.74) is 6.04. The van der Waals surface area contributed by atoms with Crippen molar-refractivity contribution in [3.05, 3.63) is 77.2 Å². The molecule has 0 atom stereocenters. The number of halogens is 1. The lowest BCUT2D eigenvalue weighted by Crippen LogP contribution is -2.32. The number of nitrogens with zero attached hydrogens (tertiary/aromatic N) is 2. The summed E-state index contributed by atoms with van der Waals surface area (Å²) < 4.78 is 14.6. The van der Waals surface area contributed by atoms with Crippen molar-refractivity contribution < 1.29 is 9.18 Å².